The van der Waals surface area contributed by atoms with Crippen molar-refractivity contribution in [2.45, 2.75) is 153 Å². The van der Waals surface area contributed by atoms with E-state index in [0.717, 1.165) is 84.3 Å². The van der Waals surface area contributed by atoms with Gasteiger partial charge in [-0.3, -0.25) is 19.2 Å². The van der Waals surface area contributed by atoms with Crippen molar-refractivity contribution in [3.63, 3.8) is 0 Å². The van der Waals surface area contributed by atoms with E-state index in [-0.39, 0.29) is 94.8 Å². The van der Waals surface area contributed by atoms with Gasteiger partial charge in [-0.2, -0.15) is 20.4 Å². The minimum absolute atomic E-state index is 0. The van der Waals surface area contributed by atoms with Crippen molar-refractivity contribution >= 4 is 76.1 Å². The van der Waals surface area contributed by atoms with Gasteiger partial charge in [-0.05, 0) is 190 Å². The number of halogens is 1. The molecular formula is C101H108FLiN16O13. The molecule has 4 amide bonds. The molecule has 0 spiro atoms. The molecule has 0 bridgehead atoms. The number of anilines is 2. The van der Waals surface area contributed by atoms with Crippen LogP contribution in [-0.4, -0.2) is 143 Å². The number of fused-ring (bicyclic) bond motifs is 4. The molecule has 8 heterocycles. The number of esters is 1. The number of hydrogen-bond acceptors (Lipinski definition) is 16. The Balaban J connectivity index is 0.000000169. The van der Waals surface area contributed by atoms with E-state index in [2.05, 4.69) is 144 Å². The van der Waals surface area contributed by atoms with Crippen LogP contribution in [0, 0.1) is 69.2 Å². The van der Waals surface area contributed by atoms with Crippen molar-refractivity contribution in [1.29, 1.82) is 0 Å². The van der Waals surface area contributed by atoms with Crippen LogP contribution in [0.5, 0.6) is 0 Å². The molecule has 0 saturated carbocycles. The molecule has 29 nitrogen and oxygen atoms in total. The maximum atomic E-state index is 13.8. The molecular weight excluding hydrogens is 1670 g/mol. The molecule has 0 fully saturated rings. The zero-order chi connectivity index (χ0) is 93.4. The Kier molecular flexibility index (Phi) is 31.3. The maximum Gasteiger partial charge on any atom is 1.00 e. The topological polar surface area (TPSA) is 371 Å². The third-order valence-electron chi connectivity index (χ3n) is 23.2. The number of benzene rings is 8. The molecule has 2 aliphatic heterocycles. The number of alkyl halides is 1. The number of amides is 4. The largest absolute Gasteiger partial charge is 1.00 e. The summed E-state index contributed by atoms with van der Waals surface area (Å²) in [5.41, 5.74) is 22.5. The Labute approximate surface area is 776 Å². The monoisotopic (exact) mass is 1780 g/mol. The van der Waals surface area contributed by atoms with E-state index >= 15 is 0 Å². The molecule has 8 aromatic carbocycles. The fourth-order valence-electron chi connectivity index (χ4n) is 16.6. The summed E-state index contributed by atoms with van der Waals surface area (Å²) in [7, 11) is 1.35. The molecule has 31 heteroatoms. The average molecular weight is 1780 g/mol. The summed E-state index contributed by atoms with van der Waals surface area (Å²) in [4.78, 5) is 102. The Morgan fingerprint density at radius 2 is 0.735 bits per heavy atom. The van der Waals surface area contributed by atoms with Crippen molar-refractivity contribution < 1.29 is 87.1 Å². The minimum Gasteiger partial charge on any atom is -0.870 e. The van der Waals surface area contributed by atoms with Gasteiger partial charge >= 0.3 is 42.7 Å². The molecule has 0 aliphatic carbocycles. The number of carbonyl (C=O) groups excluding carboxylic acids is 5. The van der Waals surface area contributed by atoms with Crippen LogP contribution in [-0.2, 0) is 30.9 Å². The van der Waals surface area contributed by atoms with Crippen LogP contribution >= 0.6 is 0 Å². The summed E-state index contributed by atoms with van der Waals surface area (Å²) >= 11 is 0. The van der Waals surface area contributed by atoms with Gasteiger partial charge in [0, 0.05) is 45.1 Å². The molecule has 6 aromatic heterocycles. The number of hydrogen-bond donors (Lipinski definition) is 7. The second-order valence-corrected chi connectivity index (χ2v) is 33.4. The molecule has 678 valence electrons. The second kappa shape index (κ2) is 42.2. The predicted octanol–water partition coefficient (Wildman–Crippen LogP) is 13.9. The molecule has 2 aliphatic rings. The van der Waals surface area contributed by atoms with Gasteiger partial charge in [0.2, 0.25) is 0 Å². The zero-order valence-electron chi connectivity index (χ0n) is 76.9. The number of methoxy groups -OCH3 is 1. The number of rotatable bonds is 25. The number of nitrogens with one attached hydrogen (secondary N) is 4. The Morgan fingerprint density at radius 3 is 1.07 bits per heavy atom. The van der Waals surface area contributed by atoms with Gasteiger partial charge in [-0.15, -0.1) is 0 Å². The molecule has 5 atom stereocenters. The fraction of sp³-hybridized carbons (Fsp3) is 0.267. The summed E-state index contributed by atoms with van der Waals surface area (Å²) in [6.07, 6.45) is 4.03. The van der Waals surface area contributed by atoms with E-state index in [0.29, 0.717) is 95.7 Å². The van der Waals surface area contributed by atoms with Crippen molar-refractivity contribution in [3.8, 4) is 0 Å². The SMILES string of the molecule is C=C1CN(Cc2cccc(C)c2)c2c(C(=O)N[C@@H](C)c3ccc(C(=O)O)cc3)c(C)nn21.COC(=O)c1ccc([C@H](C)NC(=O)c2c(C)nn3c(C)cn(Cc4cccc(C)c4)c23)cc1.Cc1cccc(CN2C[C@@H](CF)n3nc(C)c(C(=O)N[C@@H](C)c4ccc(C(=O)O)cc4)c32)c1.Cc1cccc(Cn2cc(C)n3nc(C)c(C(=O)N[C@@H](C)c4ccc(C(=O)O)cc4)c23)c1.[Li+].[OH-]. The summed E-state index contributed by atoms with van der Waals surface area (Å²) in [5.74, 6) is -2.88. The number of aromatic carboxylic acids is 3. The number of carbonyl (C=O) groups is 8. The Bertz CT molecular complexity index is 6640. The number of carboxylic acids is 3. The number of carboxylic acid groups (broad SMARTS) is 3. The van der Waals surface area contributed by atoms with Gasteiger partial charge in [0.05, 0.1) is 99.9 Å². The number of ether oxygens (including phenoxy) is 1. The predicted molar refractivity (Wildman–Crippen MR) is 498 cm³/mol. The zero-order valence-corrected chi connectivity index (χ0v) is 76.9. The van der Waals surface area contributed by atoms with E-state index in [1.165, 1.54) is 48.1 Å². The van der Waals surface area contributed by atoms with Crippen LogP contribution in [0.3, 0.4) is 0 Å². The van der Waals surface area contributed by atoms with Crippen LogP contribution in [0.15, 0.2) is 213 Å². The van der Waals surface area contributed by atoms with Gasteiger partial charge in [0.15, 0.2) is 0 Å². The smallest absolute Gasteiger partial charge is 0.870 e. The molecule has 16 rings (SSSR count). The third kappa shape index (κ3) is 22.0. The molecule has 0 saturated heterocycles. The van der Waals surface area contributed by atoms with E-state index in [4.69, 9.17) is 20.1 Å². The summed E-state index contributed by atoms with van der Waals surface area (Å²) in [6.45, 7) is 34.0. The number of aryl methyl sites for hydroxylation is 10. The molecule has 8 N–H and O–H groups in total. The summed E-state index contributed by atoms with van der Waals surface area (Å²) in [6, 6.07) is 57.9. The van der Waals surface area contributed by atoms with E-state index < -0.39 is 30.6 Å². The van der Waals surface area contributed by atoms with Gasteiger partial charge < -0.3 is 65.7 Å². The first-order chi connectivity index (χ1) is 62.0. The minimum atomic E-state index is -1.000. The third-order valence-corrected chi connectivity index (χ3v) is 23.2. The molecule has 0 unspecified atom stereocenters. The first-order valence-corrected chi connectivity index (χ1v) is 42.7. The second-order valence-electron chi connectivity index (χ2n) is 33.4. The van der Waals surface area contributed by atoms with Gasteiger partial charge in [-0.1, -0.05) is 174 Å². The number of aromatic nitrogens is 10. The maximum absolute atomic E-state index is 13.8. The number of nitrogens with zero attached hydrogens (tertiary/aromatic N) is 12. The van der Waals surface area contributed by atoms with Crippen LogP contribution in [0.25, 0.3) is 17.0 Å². The quantitative estimate of drug-likeness (QED) is 0.0206. The van der Waals surface area contributed by atoms with Crippen molar-refractivity contribution in [2.75, 3.05) is 36.7 Å². The van der Waals surface area contributed by atoms with E-state index in [1.54, 1.807) is 77.0 Å². The number of imidazole rings is 2. The average Bonchev–Trinajstić information content (AvgIpc) is 1.60. The van der Waals surface area contributed by atoms with Crippen LogP contribution < -0.4 is 49.9 Å². The van der Waals surface area contributed by atoms with Gasteiger partial charge in [-0.25, -0.2) is 42.0 Å². The standard InChI is InChI=1S/C26H28N4O3.C25H27FN4O3.2C25H26N4O3.Li.H2O/c1-16-7-6-8-20(13-16)15-29-14-17(2)30-25(29)23(19(4)28-30)24(31)27-18(3)21-9-11-22(12-10-21)26(32)33-5;1-15-5-4-6-18(11-15)13-29-14-21(12-26)30-24(29)22(17(3)28-30)23(31)27-16(2)19-7-9-20(10-8-19)25(32)33;2*1-15-6-5-7-19(12-15)14-28-13-16(2)29-24(28)22(18(4)27-29)23(30)26-17(3)20-8-10-21(11-9-20)25(31)32;;/h6-14,18H,15H2,1-5H3,(H,27,31);4-11,16,21H,12-14H2,1-3H3,(H,27,31)(H,32,33);5-13,17H,14H2,1-4H3,(H,26,30)(H,31,32);5-12,17H,2,13-14H2,1,3-4H3,(H,26,30)(H,31,32);;1H2/q;;;;+1;/p-1/t18-;16-,21+;2*17-;;/m0000../s1. The van der Waals surface area contributed by atoms with Crippen LogP contribution in [0.2, 0.25) is 0 Å². The summed E-state index contributed by atoms with van der Waals surface area (Å²) in [5, 5.41) is 57.6. The molecule has 14 aromatic rings. The first-order valence-electron chi connectivity index (χ1n) is 42.7. The van der Waals surface area contributed by atoms with Crippen molar-refractivity contribution in [2.24, 2.45) is 0 Å². The summed E-state index contributed by atoms with van der Waals surface area (Å²) < 4.78 is 29.7. The van der Waals surface area contributed by atoms with E-state index in [1.807, 2.05) is 144 Å². The van der Waals surface area contributed by atoms with Crippen LogP contribution in [0.1, 0.15) is 242 Å². The molecule has 0 radical (unpaired) electrons. The Morgan fingerprint density at radius 1 is 0.424 bits per heavy atom. The fourth-order valence-corrected chi connectivity index (χ4v) is 16.6. The van der Waals surface area contributed by atoms with E-state index in [9.17, 15) is 42.7 Å². The molecule has 132 heavy (non-hydrogen) atoms. The van der Waals surface area contributed by atoms with Gasteiger partial charge in [0.25, 0.3) is 23.6 Å². The first kappa shape index (κ1) is 97.9. The van der Waals surface area contributed by atoms with Crippen molar-refractivity contribution in [3.05, 3.63) is 359 Å². The van der Waals surface area contributed by atoms with Gasteiger partial charge in [0.1, 0.15) is 57.9 Å². The Hall–Kier alpha value is -14.7. The van der Waals surface area contributed by atoms with Crippen molar-refractivity contribution in [1.82, 2.24) is 69.2 Å². The van der Waals surface area contributed by atoms with Crippen LogP contribution in [0.4, 0.5) is 16.0 Å². The normalized spacial score (nSPS) is 13.2.